The average Bonchev–Trinajstić information content (AvgIpc) is 3.35. The third-order valence-electron chi connectivity index (χ3n) is 5.37. The van der Waals surface area contributed by atoms with E-state index >= 15 is 0 Å². The minimum atomic E-state index is -2.69. The first-order valence-electron chi connectivity index (χ1n) is 9.62. The van der Waals surface area contributed by atoms with Crippen LogP contribution < -0.4 is 5.32 Å². The summed E-state index contributed by atoms with van der Waals surface area (Å²) < 4.78 is 30.3. The fourth-order valence-corrected chi connectivity index (χ4v) is 3.69. The van der Waals surface area contributed by atoms with Crippen LogP contribution in [-0.4, -0.2) is 61.0 Å². The van der Waals surface area contributed by atoms with Crippen LogP contribution in [0.5, 0.6) is 0 Å². The molecule has 4 aromatic heterocycles. The molecule has 5 rings (SSSR count). The number of carbonyl (C=O) groups is 1. The van der Waals surface area contributed by atoms with Crippen molar-refractivity contribution in [1.29, 1.82) is 0 Å². The lowest BCUT2D eigenvalue weighted by molar-refractivity contribution is -0.0494. The van der Waals surface area contributed by atoms with Gasteiger partial charge in [-0.15, -0.1) is 5.10 Å². The van der Waals surface area contributed by atoms with E-state index in [0.29, 0.717) is 22.8 Å². The van der Waals surface area contributed by atoms with Crippen LogP contribution in [0.15, 0.2) is 42.9 Å². The number of halogens is 2. The highest BCUT2D eigenvalue weighted by molar-refractivity contribution is 5.97. The molecule has 154 valence electrons. The van der Waals surface area contributed by atoms with Crippen LogP contribution in [0, 0.1) is 0 Å². The molecule has 0 atom stereocenters. The maximum atomic E-state index is 13.4. The van der Waals surface area contributed by atoms with Crippen molar-refractivity contribution < 1.29 is 13.6 Å². The summed E-state index contributed by atoms with van der Waals surface area (Å²) in [4.78, 5) is 23.0. The van der Waals surface area contributed by atoms with Gasteiger partial charge in [0.25, 0.3) is 11.8 Å². The SMILES string of the molecule is CNc1nc2ccc(-n3ccc4cc(C(=O)N5CCC(F)(F)CC5)cnc43)cn2n1. The lowest BCUT2D eigenvalue weighted by Gasteiger charge is -2.31. The lowest BCUT2D eigenvalue weighted by Crippen LogP contribution is -2.42. The van der Waals surface area contributed by atoms with Crippen LogP contribution in [0.4, 0.5) is 14.7 Å². The second kappa shape index (κ2) is 6.75. The molecule has 0 saturated carbocycles. The molecule has 0 unspecified atom stereocenters. The number of hydrogen-bond donors (Lipinski definition) is 1. The smallest absolute Gasteiger partial charge is 0.255 e. The number of likely N-dealkylation sites (tertiary alicyclic amines) is 1. The van der Waals surface area contributed by atoms with Gasteiger partial charge in [0, 0.05) is 50.8 Å². The van der Waals surface area contributed by atoms with Crippen molar-refractivity contribution in [3.05, 3.63) is 48.4 Å². The van der Waals surface area contributed by atoms with Crippen molar-refractivity contribution in [2.45, 2.75) is 18.8 Å². The van der Waals surface area contributed by atoms with Gasteiger partial charge in [-0.1, -0.05) is 0 Å². The zero-order valence-corrected chi connectivity index (χ0v) is 16.2. The molecule has 0 radical (unpaired) electrons. The molecule has 1 saturated heterocycles. The van der Waals surface area contributed by atoms with Crippen molar-refractivity contribution in [2.24, 2.45) is 0 Å². The molecule has 1 fully saturated rings. The van der Waals surface area contributed by atoms with Crippen molar-refractivity contribution in [3.63, 3.8) is 0 Å². The Morgan fingerprint density at radius 1 is 1.20 bits per heavy atom. The summed E-state index contributed by atoms with van der Waals surface area (Å²) in [6.45, 7) is 0.106. The van der Waals surface area contributed by atoms with E-state index in [4.69, 9.17) is 0 Å². The first-order chi connectivity index (χ1) is 14.4. The van der Waals surface area contributed by atoms with Gasteiger partial charge in [0.1, 0.15) is 5.65 Å². The number of carbonyl (C=O) groups excluding carboxylic acids is 1. The van der Waals surface area contributed by atoms with Gasteiger partial charge in [0.15, 0.2) is 5.65 Å². The van der Waals surface area contributed by atoms with E-state index in [9.17, 15) is 13.6 Å². The summed E-state index contributed by atoms with van der Waals surface area (Å²) in [5.74, 6) is -2.42. The van der Waals surface area contributed by atoms with E-state index in [-0.39, 0.29) is 31.8 Å². The summed E-state index contributed by atoms with van der Waals surface area (Å²) in [6.07, 6.45) is 4.61. The van der Waals surface area contributed by atoms with Gasteiger partial charge in [-0.25, -0.2) is 18.3 Å². The molecule has 1 amide bonds. The Kier molecular flexibility index (Phi) is 4.16. The Morgan fingerprint density at radius 2 is 2.00 bits per heavy atom. The molecule has 4 aromatic rings. The molecule has 30 heavy (non-hydrogen) atoms. The number of nitrogens with zero attached hydrogens (tertiary/aromatic N) is 6. The molecule has 0 spiro atoms. The molecule has 8 nitrogen and oxygen atoms in total. The summed E-state index contributed by atoms with van der Waals surface area (Å²) in [5.41, 5.74) is 2.64. The summed E-state index contributed by atoms with van der Waals surface area (Å²) in [5, 5.41) is 8.04. The predicted molar refractivity (Wildman–Crippen MR) is 107 cm³/mol. The molecular formula is C20H19F2N7O. The first-order valence-corrected chi connectivity index (χ1v) is 9.62. The quantitative estimate of drug-likeness (QED) is 0.561. The van der Waals surface area contributed by atoms with Gasteiger partial charge in [-0.05, 0) is 24.3 Å². The molecular weight excluding hydrogens is 392 g/mol. The molecule has 10 heteroatoms. The van der Waals surface area contributed by atoms with Gasteiger partial charge in [-0.3, -0.25) is 9.36 Å². The fourth-order valence-electron chi connectivity index (χ4n) is 3.69. The minimum absolute atomic E-state index is 0.0530. The minimum Gasteiger partial charge on any atom is -0.356 e. The van der Waals surface area contributed by atoms with E-state index < -0.39 is 5.92 Å². The summed E-state index contributed by atoms with van der Waals surface area (Å²) in [7, 11) is 1.76. The lowest BCUT2D eigenvalue weighted by atomic mass is 10.1. The van der Waals surface area contributed by atoms with Gasteiger partial charge in [0.2, 0.25) is 5.95 Å². The Labute approximate surface area is 170 Å². The summed E-state index contributed by atoms with van der Waals surface area (Å²) in [6, 6.07) is 7.39. The molecule has 1 aliphatic rings. The number of alkyl halides is 2. The highest BCUT2D eigenvalue weighted by Gasteiger charge is 2.35. The molecule has 1 aliphatic heterocycles. The Hall–Kier alpha value is -3.56. The highest BCUT2D eigenvalue weighted by Crippen LogP contribution is 2.29. The third-order valence-corrected chi connectivity index (χ3v) is 5.37. The number of pyridine rings is 2. The van der Waals surface area contributed by atoms with Gasteiger partial charge >= 0.3 is 0 Å². The second-order valence-electron chi connectivity index (χ2n) is 7.35. The van der Waals surface area contributed by atoms with Crippen molar-refractivity contribution >= 4 is 28.5 Å². The number of amides is 1. The number of anilines is 1. The van der Waals surface area contributed by atoms with E-state index in [0.717, 1.165) is 11.1 Å². The van der Waals surface area contributed by atoms with Gasteiger partial charge in [-0.2, -0.15) is 4.98 Å². The van der Waals surface area contributed by atoms with E-state index in [1.54, 1.807) is 17.6 Å². The number of piperidine rings is 1. The van der Waals surface area contributed by atoms with Gasteiger partial charge in [0.05, 0.1) is 17.4 Å². The highest BCUT2D eigenvalue weighted by atomic mass is 19.3. The molecule has 0 bridgehead atoms. The fraction of sp³-hybridized carbons (Fsp3) is 0.300. The third kappa shape index (κ3) is 3.14. The molecule has 0 aromatic carbocycles. The van der Waals surface area contributed by atoms with Crippen LogP contribution in [0.25, 0.3) is 22.4 Å². The van der Waals surface area contributed by atoms with Crippen LogP contribution in [0.2, 0.25) is 0 Å². The van der Waals surface area contributed by atoms with Crippen molar-refractivity contribution in [3.8, 4) is 5.69 Å². The van der Waals surface area contributed by atoms with Crippen molar-refractivity contribution in [2.75, 3.05) is 25.5 Å². The number of aromatic nitrogens is 5. The zero-order valence-electron chi connectivity index (χ0n) is 16.2. The Morgan fingerprint density at radius 3 is 2.77 bits per heavy atom. The second-order valence-corrected chi connectivity index (χ2v) is 7.35. The van der Waals surface area contributed by atoms with E-state index in [1.807, 2.05) is 35.2 Å². The number of rotatable bonds is 3. The maximum Gasteiger partial charge on any atom is 0.255 e. The summed E-state index contributed by atoms with van der Waals surface area (Å²) >= 11 is 0. The first kappa shape index (κ1) is 18.5. The largest absolute Gasteiger partial charge is 0.356 e. The van der Waals surface area contributed by atoms with E-state index in [1.165, 1.54) is 11.1 Å². The standard InChI is InChI=1S/C20H19F2N7O/c1-23-19-25-16-3-2-15(12-29(16)26-19)28-7-4-13-10-14(11-24-17(13)28)18(30)27-8-5-20(21,22)6-9-27/h2-4,7,10-12H,5-6,8-9H2,1H3,(H,23,26). The molecule has 5 heterocycles. The van der Waals surface area contributed by atoms with E-state index in [2.05, 4.69) is 20.4 Å². The Bertz CT molecular complexity index is 1250. The molecule has 0 aliphatic carbocycles. The topological polar surface area (TPSA) is 80.4 Å². The normalized spacial score (nSPS) is 16.3. The van der Waals surface area contributed by atoms with Crippen molar-refractivity contribution in [1.82, 2.24) is 29.0 Å². The number of hydrogen-bond acceptors (Lipinski definition) is 5. The molecule has 1 N–H and O–H groups in total. The van der Waals surface area contributed by atoms with Crippen LogP contribution in [-0.2, 0) is 0 Å². The van der Waals surface area contributed by atoms with Gasteiger partial charge < -0.3 is 10.2 Å². The average molecular weight is 411 g/mol. The predicted octanol–water partition coefficient (Wildman–Crippen LogP) is 2.98. The van der Waals surface area contributed by atoms with Crippen LogP contribution in [0.1, 0.15) is 23.2 Å². The number of nitrogens with one attached hydrogen (secondary N) is 1. The zero-order chi connectivity index (χ0) is 20.9. The Balaban J connectivity index is 1.45. The van der Waals surface area contributed by atoms with Crippen LogP contribution in [0.3, 0.4) is 0 Å². The number of fused-ring (bicyclic) bond motifs is 2. The maximum absolute atomic E-state index is 13.4. The monoisotopic (exact) mass is 411 g/mol. The van der Waals surface area contributed by atoms with Crippen LogP contribution >= 0.6 is 0 Å².